The standard InChI is InChI=1S/C16H17IN2O/c1-11-5-4-8-19(13(11)3)10-16(20)18-15-7-6-14(17)9-12(15)2/h4-9H,10H2,1-3H3/p+1. The maximum absolute atomic E-state index is 12.1. The van der Waals surface area contributed by atoms with Gasteiger partial charge in [0, 0.05) is 27.8 Å². The van der Waals surface area contributed by atoms with Crippen LogP contribution in [0.3, 0.4) is 0 Å². The van der Waals surface area contributed by atoms with Crippen molar-refractivity contribution in [2.24, 2.45) is 0 Å². The summed E-state index contributed by atoms with van der Waals surface area (Å²) in [5.74, 6) is -0.00647. The van der Waals surface area contributed by atoms with Crippen molar-refractivity contribution in [1.29, 1.82) is 0 Å². The molecule has 1 amide bonds. The van der Waals surface area contributed by atoms with Gasteiger partial charge in [0.25, 0.3) is 5.91 Å². The number of benzene rings is 1. The van der Waals surface area contributed by atoms with Gasteiger partial charge in [-0.15, -0.1) is 0 Å². The Morgan fingerprint density at radius 3 is 2.65 bits per heavy atom. The number of rotatable bonds is 3. The van der Waals surface area contributed by atoms with Gasteiger partial charge < -0.3 is 5.32 Å². The average Bonchev–Trinajstić information content (AvgIpc) is 2.38. The lowest BCUT2D eigenvalue weighted by Crippen LogP contribution is -2.43. The first-order chi connectivity index (χ1) is 9.47. The van der Waals surface area contributed by atoms with Crippen LogP contribution in [-0.4, -0.2) is 5.91 Å². The molecule has 0 bridgehead atoms. The molecular formula is C16H18IN2O+. The molecule has 0 fully saturated rings. The van der Waals surface area contributed by atoms with E-state index in [1.165, 1.54) is 9.13 Å². The Labute approximate surface area is 133 Å². The number of hydrogen-bond donors (Lipinski definition) is 1. The summed E-state index contributed by atoms with van der Waals surface area (Å²) in [6, 6.07) is 10.0. The zero-order valence-electron chi connectivity index (χ0n) is 11.9. The average molecular weight is 381 g/mol. The van der Waals surface area contributed by atoms with Crippen LogP contribution in [0.2, 0.25) is 0 Å². The summed E-state index contributed by atoms with van der Waals surface area (Å²) in [4.78, 5) is 12.1. The highest BCUT2D eigenvalue weighted by Gasteiger charge is 2.14. The van der Waals surface area contributed by atoms with Gasteiger partial charge in [0.2, 0.25) is 6.54 Å². The third-order valence-electron chi connectivity index (χ3n) is 3.39. The van der Waals surface area contributed by atoms with E-state index in [9.17, 15) is 4.79 Å². The number of halogens is 1. The van der Waals surface area contributed by atoms with Crippen molar-refractivity contribution in [3.8, 4) is 0 Å². The second kappa shape index (κ2) is 6.35. The van der Waals surface area contributed by atoms with Gasteiger partial charge >= 0.3 is 0 Å². The van der Waals surface area contributed by atoms with E-state index >= 15 is 0 Å². The van der Waals surface area contributed by atoms with Crippen LogP contribution < -0.4 is 9.88 Å². The Hall–Kier alpha value is -1.43. The minimum absolute atomic E-state index is 0.00647. The first-order valence-corrected chi connectivity index (χ1v) is 7.57. The molecule has 1 aromatic carbocycles. The summed E-state index contributed by atoms with van der Waals surface area (Å²) in [6.07, 6.45) is 1.93. The normalized spacial score (nSPS) is 10.4. The summed E-state index contributed by atoms with van der Waals surface area (Å²) < 4.78 is 3.13. The summed E-state index contributed by atoms with van der Waals surface area (Å²) in [7, 11) is 0. The summed E-state index contributed by atoms with van der Waals surface area (Å²) in [5.41, 5.74) is 4.25. The largest absolute Gasteiger partial charge is 0.320 e. The molecule has 0 atom stereocenters. The van der Waals surface area contributed by atoms with E-state index in [-0.39, 0.29) is 5.91 Å². The molecule has 3 nitrogen and oxygen atoms in total. The molecule has 0 spiro atoms. The fraction of sp³-hybridized carbons (Fsp3) is 0.250. The fourth-order valence-corrected chi connectivity index (χ4v) is 2.68. The number of carbonyl (C=O) groups is 1. The monoisotopic (exact) mass is 381 g/mol. The maximum atomic E-state index is 12.1. The Morgan fingerprint density at radius 1 is 1.20 bits per heavy atom. The van der Waals surface area contributed by atoms with Gasteiger partial charge in [-0.25, -0.2) is 0 Å². The number of aromatic nitrogens is 1. The van der Waals surface area contributed by atoms with Crippen LogP contribution in [0, 0.1) is 24.3 Å². The Kier molecular flexibility index (Phi) is 4.75. The highest BCUT2D eigenvalue weighted by molar-refractivity contribution is 14.1. The molecule has 0 saturated heterocycles. The Bertz CT molecular complexity index is 653. The number of nitrogens with zero attached hydrogens (tertiary/aromatic N) is 1. The van der Waals surface area contributed by atoms with E-state index in [1.807, 2.05) is 55.8 Å². The second-order valence-corrected chi connectivity index (χ2v) is 6.16. The number of nitrogens with one attached hydrogen (secondary N) is 1. The highest BCUT2D eigenvalue weighted by Crippen LogP contribution is 2.17. The van der Waals surface area contributed by atoms with E-state index in [2.05, 4.69) is 34.0 Å². The number of amides is 1. The van der Waals surface area contributed by atoms with E-state index in [0.717, 1.165) is 16.9 Å². The van der Waals surface area contributed by atoms with Crippen LogP contribution in [0.15, 0.2) is 36.5 Å². The summed E-state index contributed by atoms with van der Waals surface area (Å²) in [6.45, 7) is 6.41. The molecule has 104 valence electrons. The second-order valence-electron chi connectivity index (χ2n) is 4.91. The lowest BCUT2D eigenvalue weighted by atomic mass is 10.2. The van der Waals surface area contributed by atoms with Crippen molar-refractivity contribution in [1.82, 2.24) is 0 Å². The van der Waals surface area contributed by atoms with Crippen LogP contribution in [0.25, 0.3) is 0 Å². The number of aryl methyl sites for hydroxylation is 2. The molecule has 0 aliphatic heterocycles. The molecule has 0 aliphatic rings. The summed E-state index contributed by atoms with van der Waals surface area (Å²) in [5, 5.41) is 2.97. The van der Waals surface area contributed by atoms with Gasteiger partial charge in [0.1, 0.15) is 0 Å². The Morgan fingerprint density at radius 2 is 1.95 bits per heavy atom. The molecule has 0 unspecified atom stereocenters. The maximum Gasteiger partial charge on any atom is 0.290 e. The lowest BCUT2D eigenvalue weighted by molar-refractivity contribution is -0.690. The molecule has 0 radical (unpaired) electrons. The number of hydrogen-bond acceptors (Lipinski definition) is 1. The molecule has 1 aromatic heterocycles. The minimum Gasteiger partial charge on any atom is -0.320 e. The number of pyridine rings is 1. The first-order valence-electron chi connectivity index (χ1n) is 6.49. The van der Waals surface area contributed by atoms with Crippen molar-refractivity contribution in [2.75, 3.05) is 5.32 Å². The van der Waals surface area contributed by atoms with Crippen LogP contribution in [0.4, 0.5) is 5.69 Å². The van der Waals surface area contributed by atoms with Crippen LogP contribution in [0.1, 0.15) is 16.8 Å². The van der Waals surface area contributed by atoms with Gasteiger partial charge in [-0.05, 0) is 66.3 Å². The van der Waals surface area contributed by atoms with Gasteiger partial charge in [0.05, 0.1) is 0 Å². The SMILES string of the molecule is Cc1cc(I)ccc1NC(=O)C[n+]1cccc(C)c1C. The van der Waals surface area contributed by atoms with E-state index in [1.54, 1.807) is 0 Å². The van der Waals surface area contributed by atoms with E-state index in [4.69, 9.17) is 0 Å². The van der Waals surface area contributed by atoms with Crippen LogP contribution in [0.5, 0.6) is 0 Å². The zero-order valence-corrected chi connectivity index (χ0v) is 14.1. The quantitative estimate of drug-likeness (QED) is 0.643. The van der Waals surface area contributed by atoms with Gasteiger partial charge in [-0.1, -0.05) is 0 Å². The Balaban J connectivity index is 2.11. The van der Waals surface area contributed by atoms with Crippen LogP contribution in [-0.2, 0) is 11.3 Å². The van der Waals surface area contributed by atoms with Crippen molar-refractivity contribution in [2.45, 2.75) is 27.3 Å². The first kappa shape index (κ1) is 15.0. The zero-order chi connectivity index (χ0) is 14.7. The molecular weight excluding hydrogens is 363 g/mol. The molecule has 1 N–H and O–H groups in total. The van der Waals surface area contributed by atoms with Crippen LogP contribution >= 0.6 is 22.6 Å². The highest BCUT2D eigenvalue weighted by atomic mass is 127. The predicted octanol–water partition coefficient (Wildman–Crippen LogP) is 3.14. The third-order valence-corrected chi connectivity index (χ3v) is 4.06. The molecule has 2 rings (SSSR count). The number of carbonyl (C=O) groups excluding carboxylic acids is 1. The third kappa shape index (κ3) is 3.56. The van der Waals surface area contributed by atoms with Gasteiger partial charge in [-0.3, -0.25) is 4.79 Å². The molecule has 4 heteroatoms. The van der Waals surface area contributed by atoms with Crippen molar-refractivity contribution >= 4 is 34.2 Å². The molecule has 1 heterocycles. The van der Waals surface area contributed by atoms with Crippen molar-refractivity contribution < 1.29 is 9.36 Å². The van der Waals surface area contributed by atoms with Crippen molar-refractivity contribution in [3.63, 3.8) is 0 Å². The smallest absolute Gasteiger partial charge is 0.290 e. The fourth-order valence-electron chi connectivity index (χ4n) is 2.03. The number of anilines is 1. The molecule has 0 aliphatic carbocycles. The minimum atomic E-state index is -0.00647. The lowest BCUT2D eigenvalue weighted by Gasteiger charge is -2.08. The van der Waals surface area contributed by atoms with Crippen molar-refractivity contribution in [3.05, 3.63) is 56.9 Å². The van der Waals surface area contributed by atoms with E-state index in [0.29, 0.717) is 6.54 Å². The topological polar surface area (TPSA) is 33.0 Å². The van der Waals surface area contributed by atoms with Gasteiger partial charge in [-0.2, -0.15) is 4.57 Å². The summed E-state index contributed by atoms with van der Waals surface area (Å²) >= 11 is 2.27. The van der Waals surface area contributed by atoms with Gasteiger partial charge in [0.15, 0.2) is 11.9 Å². The molecule has 2 aromatic rings. The van der Waals surface area contributed by atoms with E-state index < -0.39 is 0 Å². The predicted molar refractivity (Wildman–Crippen MR) is 88.6 cm³/mol. The molecule has 20 heavy (non-hydrogen) atoms. The molecule has 0 saturated carbocycles.